The molecule has 2 rings (SSSR count). The molecular formula is C13H13BrFNO2. The average Bonchev–Trinajstić information content (AvgIpc) is 2.79. The van der Waals surface area contributed by atoms with Gasteiger partial charge in [-0.15, -0.1) is 0 Å². The van der Waals surface area contributed by atoms with Gasteiger partial charge in [0.15, 0.2) is 16.2 Å². The molecule has 0 bridgehead atoms. The standard InChI is InChI=1S/C13H13BrFNO2/c1-16-12(9-6-7-18-13(9)14)8-4-3-5-10(17-2)11(8)15/h3-7,12,16H,1-2H3. The Labute approximate surface area is 113 Å². The van der Waals surface area contributed by atoms with Crippen molar-refractivity contribution in [3.63, 3.8) is 0 Å². The summed E-state index contributed by atoms with van der Waals surface area (Å²) in [5.41, 5.74) is 1.35. The summed E-state index contributed by atoms with van der Waals surface area (Å²) in [6.45, 7) is 0. The molecule has 0 saturated heterocycles. The van der Waals surface area contributed by atoms with Gasteiger partial charge in [0.25, 0.3) is 0 Å². The summed E-state index contributed by atoms with van der Waals surface area (Å²) in [7, 11) is 3.22. The van der Waals surface area contributed by atoms with Gasteiger partial charge in [0.2, 0.25) is 0 Å². The number of methoxy groups -OCH3 is 1. The minimum atomic E-state index is -0.368. The Hall–Kier alpha value is -1.33. The van der Waals surface area contributed by atoms with Gasteiger partial charge in [0.1, 0.15) is 0 Å². The monoisotopic (exact) mass is 313 g/mol. The van der Waals surface area contributed by atoms with E-state index in [-0.39, 0.29) is 17.6 Å². The van der Waals surface area contributed by atoms with Crippen LogP contribution in [0.2, 0.25) is 0 Å². The number of furan rings is 1. The Balaban J connectivity index is 2.49. The van der Waals surface area contributed by atoms with Crippen LogP contribution < -0.4 is 10.1 Å². The second kappa shape index (κ2) is 5.54. The van der Waals surface area contributed by atoms with E-state index in [1.54, 1.807) is 37.6 Å². The molecule has 0 aliphatic heterocycles. The number of ether oxygens (including phenoxy) is 1. The molecule has 1 N–H and O–H groups in total. The Morgan fingerprint density at radius 3 is 2.67 bits per heavy atom. The summed E-state index contributed by atoms with van der Waals surface area (Å²) in [4.78, 5) is 0. The van der Waals surface area contributed by atoms with Crippen LogP contribution in [-0.2, 0) is 0 Å². The van der Waals surface area contributed by atoms with Crippen LogP contribution in [0.4, 0.5) is 4.39 Å². The van der Waals surface area contributed by atoms with E-state index in [1.165, 1.54) is 7.11 Å². The van der Waals surface area contributed by atoms with Crippen molar-refractivity contribution in [3.05, 3.63) is 52.1 Å². The smallest absolute Gasteiger partial charge is 0.174 e. The van der Waals surface area contributed by atoms with Gasteiger partial charge in [-0.3, -0.25) is 0 Å². The zero-order chi connectivity index (χ0) is 13.1. The van der Waals surface area contributed by atoms with E-state index in [1.807, 2.05) is 0 Å². The largest absolute Gasteiger partial charge is 0.494 e. The molecule has 1 aromatic carbocycles. The number of hydrogen-bond donors (Lipinski definition) is 1. The minimum absolute atomic E-state index is 0.229. The molecule has 0 amide bonds. The van der Waals surface area contributed by atoms with Crippen molar-refractivity contribution in [2.75, 3.05) is 14.2 Å². The van der Waals surface area contributed by atoms with Crippen LogP contribution in [0.15, 0.2) is 39.6 Å². The molecule has 0 fully saturated rings. The van der Waals surface area contributed by atoms with Crippen molar-refractivity contribution in [1.82, 2.24) is 5.32 Å². The van der Waals surface area contributed by atoms with Crippen LogP contribution >= 0.6 is 15.9 Å². The van der Waals surface area contributed by atoms with Crippen LogP contribution in [0.5, 0.6) is 5.75 Å². The van der Waals surface area contributed by atoms with Gasteiger partial charge in [-0.1, -0.05) is 12.1 Å². The zero-order valence-corrected chi connectivity index (χ0v) is 11.6. The third kappa shape index (κ3) is 2.28. The first-order valence-corrected chi connectivity index (χ1v) is 6.21. The number of halogens is 2. The molecule has 0 aliphatic rings. The van der Waals surface area contributed by atoms with Gasteiger partial charge in [0.05, 0.1) is 19.4 Å². The quantitative estimate of drug-likeness (QED) is 0.938. The fourth-order valence-corrected chi connectivity index (χ4v) is 2.37. The highest BCUT2D eigenvalue weighted by Crippen LogP contribution is 2.33. The van der Waals surface area contributed by atoms with Gasteiger partial charge in [0, 0.05) is 11.1 Å². The summed E-state index contributed by atoms with van der Waals surface area (Å²) >= 11 is 3.30. The highest BCUT2D eigenvalue weighted by molar-refractivity contribution is 9.10. The molecule has 1 atom stereocenters. The molecule has 18 heavy (non-hydrogen) atoms. The lowest BCUT2D eigenvalue weighted by molar-refractivity contribution is 0.382. The van der Waals surface area contributed by atoms with E-state index in [0.29, 0.717) is 10.2 Å². The Kier molecular flexibility index (Phi) is 4.04. The molecule has 96 valence electrons. The van der Waals surface area contributed by atoms with Crippen molar-refractivity contribution in [2.24, 2.45) is 0 Å². The molecule has 1 aromatic heterocycles. The second-order valence-electron chi connectivity index (χ2n) is 3.73. The molecule has 0 spiro atoms. The number of rotatable bonds is 4. The summed E-state index contributed by atoms with van der Waals surface area (Å²) < 4.78 is 25.0. The minimum Gasteiger partial charge on any atom is -0.494 e. The van der Waals surface area contributed by atoms with Crippen LogP contribution in [0, 0.1) is 5.82 Å². The van der Waals surface area contributed by atoms with E-state index in [9.17, 15) is 4.39 Å². The Bertz CT molecular complexity index is 542. The molecule has 2 aromatic rings. The summed E-state index contributed by atoms with van der Waals surface area (Å²) in [5, 5.41) is 3.07. The first-order chi connectivity index (χ1) is 8.69. The van der Waals surface area contributed by atoms with E-state index in [2.05, 4.69) is 21.2 Å². The van der Waals surface area contributed by atoms with Gasteiger partial charge < -0.3 is 14.5 Å². The molecular weight excluding hydrogens is 301 g/mol. The normalized spacial score (nSPS) is 12.4. The molecule has 1 heterocycles. The third-order valence-corrected chi connectivity index (χ3v) is 3.41. The van der Waals surface area contributed by atoms with Crippen molar-refractivity contribution in [2.45, 2.75) is 6.04 Å². The molecule has 0 radical (unpaired) electrons. The highest BCUT2D eigenvalue weighted by Gasteiger charge is 2.22. The van der Waals surface area contributed by atoms with Crippen molar-refractivity contribution in [1.29, 1.82) is 0 Å². The predicted molar refractivity (Wildman–Crippen MR) is 70.3 cm³/mol. The lowest BCUT2D eigenvalue weighted by Crippen LogP contribution is -2.19. The number of benzene rings is 1. The van der Waals surface area contributed by atoms with E-state index in [0.717, 1.165) is 5.56 Å². The van der Waals surface area contributed by atoms with Gasteiger partial charge in [-0.25, -0.2) is 4.39 Å². The number of nitrogens with one attached hydrogen (secondary N) is 1. The van der Waals surface area contributed by atoms with E-state index < -0.39 is 0 Å². The molecule has 0 saturated carbocycles. The van der Waals surface area contributed by atoms with E-state index in [4.69, 9.17) is 9.15 Å². The molecule has 5 heteroatoms. The van der Waals surface area contributed by atoms with Gasteiger partial charge in [-0.05, 0) is 35.1 Å². The average molecular weight is 314 g/mol. The van der Waals surface area contributed by atoms with Crippen LogP contribution in [0.3, 0.4) is 0 Å². The maximum atomic E-state index is 14.2. The Morgan fingerprint density at radius 2 is 2.11 bits per heavy atom. The predicted octanol–water partition coefficient (Wildman–Crippen LogP) is 3.50. The fourth-order valence-electron chi connectivity index (χ4n) is 1.90. The lowest BCUT2D eigenvalue weighted by atomic mass is 10.0. The van der Waals surface area contributed by atoms with E-state index >= 15 is 0 Å². The lowest BCUT2D eigenvalue weighted by Gasteiger charge is -2.17. The second-order valence-corrected chi connectivity index (χ2v) is 4.46. The van der Waals surface area contributed by atoms with Crippen LogP contribution in [-0.4, -0.2) is 14.2 Å². The van der Waals surface area contributed by atoms with Gasteiger partial charge >= 0.3 is 0 Å². The van der Waals surface area contributed by atoms with Crippen molar-refractivity contribution >= 4 is 15.9 Å². The first kappa shape index (κ1) is 13.1. The summed E-state index contributed by atoms with van der Waals surface area (Å²) in [6.07, 6.45) is 1.56. The third-order valence-electron chi connectivity index (χ3n) is 2.77. The highest BCUT2D eigenvalue weighted by atomic mass is 79.9. The fraction of sp³-hybridized carbons (Fsp3) is 0.231. The zero-order valence-electron chi connectivity index (χ0n) is 10.0. The van der Waals surface area contributed by atoms with Crippen LogP contribution in [0.25, 0.3) is 0 Å². The van der Waals surface area contributed by atoms with Crippen LogP contribution in [0.1, 0.15) is 17.2 Å². The maximum Gasteiger partial charge on any atom is 0.174 e. The molecule has 3 nitrogen and oxygen atoms in total. The molecule has 1 unspecified atom stereocenters. The maximum absolute atomic E-state index is 14.2. The Morgan fingerprint density at radius 1 is 1.33 bits per heavy atom. The topological polar surface area (TPSA) is 34.4 Å². The van der Waals surface area contributed by atoms with Crippen molar-refractivity contribution < 1.29 is 13.5 Å². The first-order valence-electron chi connectivity index (χ1n) is 5.41. The summed E-state index contributed by atoms with van der Waals surface area (Å²) in [6, 6.07) is 6.57. The van der Waals surface area contributed by atoms with Crippen molar-refractivity contribution in [3.8, 4) is 5.75 Å². The van der Waals surface area contributed by atoms with Gasteiger partial charge in [-0.2, -0.15) is 0 Å². The molecule has 0 aliphatic carbocycles. The SMILES string of the molecule is CNC(c1ccoc1Br)c1cccc(OC)c1F. The number of hydrogen-bond acceptors (Lipinski definition) is 3. The summed E-state index contributed by atoms with van der Waals surface area (Å²) in [5.74, 6) is -0.139.